The maximum Gasteiger partial charge on any atom is 0.410 e. The Labute approximate surface area is 154 Å². The predicted octanol–water partition coefficient (Wildman–Crippen LogP) is 3.74. The molecule has 0 saturated carbocycles. The van der Waals surface area contributed by atoms with E-state index < -0.39 is 5.60 Å². The molecule has 6 heteroatoms. The molecule has 1 amide bonds. The second-order valence-electron chi connectivity index (χ2n) is 7.95. The van der Waals surface area contributed by atoms with Gasteiger partial charge in [-0.3, -0.25) is 4.79 Å². The zero-order valence-corrected chi connectivity index (χ0v) is 16.0. The van der Waals surface area contributed by atoms with Crippen LogP contribution in [0.15, 0.2) is 12.1 Å². The number of fused-ring (bicyclic) bond motifs is 1. The van der Waals surface area contributed by atoms with E-state index in [1.807, 2.05) is 39.8 Å². The Morgan fingerprint density at radius 1 is 1.23 bits per heavy atom. The highest BCUT2D eigenvalue weighted by atomic mass is 16.6. The second-order valence-corrected chi connectivity index (χ2v) is 7.95. The number of ketones is 1. The molecule has 2 heterocycles. The lowest BCUT2D eigenvalue weighted by atomic mass is 10.0. The van der Waals surface area contributed by atoms with Gasteiger partial charge in [-0.05, 0) is 45.4 Å². The maximum atomic E-state index is 12.2. The van der Waals surface area contributed by atoms with Crippen molar-refractivity contribution in [2.24, 2.45) is 0 Å². The van der Waals surface area contributed by atoms with Crippen LogP contribution in [0.2, 0.25) is 0 Å². The molecule has 0 unspecified atom stereocenters. The van der Waals surface area contributed by atoms with E-state index in [1.54, 1.807) is 4.90 Å². The Morgan fingerprint density at radius 3 is 2.58 bits per heavy atom. The van der Waals surface area contributed by atoms with Crippen LogP contribution in [0.4, 0.5) is 4.79 Å². The molecule has 0 radical (unpaired) electrons. The lowest BCUT2D eigenvalue weighted by Crippen LogP contribution is -2.44. The molecule has 142 valence electrons. The Balaban J connectivity index is 1.64. The fraction of sp³-hybridized carbons (Fsp3) is 0.600. The third-order valence-electron chi connectivity index (χ3n) is 4.46. The molecule has 1 aromatic rings. The summed E-state index contributed by atoms with van der Waals surface area (Å²) in [6.07, 6.45) is 1.55. The maximum absolute atomic E-state index is 12.2. The van der Waals surface area contributed by atoms with Crippen molar-refractivity contribution in [3.8, 4) is 11.5 Å². The average molecular weight is 361 g/mol. The van der Waals surface area contributed by atoms with E-state index in [9.17, 15) is 9.59 Å². The molecule has 0 bridgehead atoms. The van der Waals surface area contributed by atoms with Gasteiger partial charge in [-0.15, -0.1) is 0 Å². The van der Waals surface area contributed by atoms with Crippen LogP contribution in [0.5, 0.6) is 11.5 Å². The Hall–Kier alpha value is -2.24. The van der Waals surface area contributed by atoms with Crippen LogP contribution in [0, 0.1) is 6.92 Å². The van der Waals surface area contributed by atoms with E-state index in [0.717, 1.165) is 18.4 Å². The van der Waals surface area contributed by atoms with Crippen molar-refractivity contribution in [3.05, 3.63) is 23.3 Å². The van der Waals surface area contributed by atoms with E-state index >= 15 is 0 Å². The molecular formula is C20H27NO5. The minimum atomic E-state index is -0.491. The molecule has 0 spiro atoms. The molecule has 0 N–H and O–H groups in total. The monoisotopic (exact) mass is 361 g/mol. The fourth-order valence-corrected chi connectivity index (χ4v) is 3.23. The normalized spacial score (nSPS) is 18.2. The van der Waals surface area contributed by atoms with Gasteiger partial charge < -0.3 is 19.1 Å². The van der Waals surface area contributed by atoms with Crippen LogP contribution in [0.3, 0.4) is 0 Å². The summed E-state index contributed by atoms with van der Waals surface area (Å²) in [5.41, 5.74) is 1.09. The van der Waals surface area contributed by atoms with Crippen molar-refractivity contribution >= 4 is 11.9 Å². The number of carbonyl (C=O) groups is 2. The number of carbonyl (C=O) groups excluding carboxylic acids is 2. The summed E-state index contributed by atoms with van der Waals surface area (Å²) in [6.45, 7) is 9.11. The van der Waals surface area contributed by atoms with Crippen LogP contribution < -0.4 is 9.47 Å². The number of rotatable bonds is 2. The minimum Gasteiger partial charge on any atom is -0.488 e. The third-order valence-corrected chi connectivity index (χ3v) is 4.46. The van der Waals surface area contributed by atoms with E-state index in [-0.39, 0.29) is 18.0 Å². The van der Waals surface area contributed by atoms with Crippen LogP contribution in [-0.2, 0) is 4.74 Å². The first kappa shape index (κ1) is 18.5. The largest absolute Gasteiger partial charge is 0.488 e. The van der Waals surface area contributed by atoms with Crippen LogP contribution >= 0.6 is 0 Å². The van der Waals surface area contributed by atoms with E-state index in [2.05, 4.69) is 0 Å². The summed E-state index contributed by atoms with van der Waals surface area (Å²) in [7, 11) is 0. The van der Waals surface area contributed by atoms with Crippen LogP contribution in [0.25, 0.3) is 0 Å². The highest BCUT2D eigenvalue weighted by Crippen LogP contribution is 2.37. The summed E-state index contributed by atoms with van der Waals surface area (Å²) in [6, 6.07) is 3.77. The number of piperidine rings is 1. The number of likely N-dealkylation sites (tertiary alicyclic amines) is 1. The topological polar surface area (TPSA) is 65.1 Å². The first-order valence-electron chi connectivity index (χ1n) is 9.18. The molecule has 0 atom stereocenters. The standard InChI is InChI=1S/C20H27NO5/c1-13-11-15-16(22)7-10-24-18(15)17(12-13)25-14-5-8-21(9-6-14)19(23)26-20(2,3)4/h11-12,14H,5-10H2,1-4H3. The molecule has 2 aliphatic rings. The highest BCUT2D eigenvalue weighted by molar-refractivity contribution is 6.00. The molecule has 1 fully saturated rings. The first-order chi connectivity index (χ1) is 12.2. The first-order valence-corrected chi connectivity index (χ1v) is 9.18. The van der Waals surface area contributed by atoms with Gasteiger partial charge in [0.1, 0.15) is 11.7 Å². The fourth-order valence-electron chi connectivity index (χ4n) is 3.23. The Bertz CT molecular complexity index is 699. The van der Waals surface area contributed by atoms with E-state index in [0.29, 0.717) is 43.2 Å². The van der Waals surface area contributed by atoms with Crippen molar-refractivity contribution in [2.75, 3.05) is 19.7 Å². The van der Waals surface area contributed by atoms with Crippen LogP contribution in [-0.4, -0.2) is 48.2 Å². The molecule has 6 nitrogen and oxygen atoms in total. The van der Waals surface area contributed by atoms with Gasteiger partial charge in [-0.1, -0.05) is 0 Å². The summed E-state index contributed by atoms with van der Waals surface area (Å²) >= 11 is 0. The van der Waals surface area contributed by atoms with Gasteiger partial charge in [0.05, 0.1) is 12.2 Å². The number of nitrogens with zero attached hydrogens (tertiary/aromatic N) is 1. The number of amides is 1. The summed E-state index contributed by atoms with van der Waals surface area (Å²) in [5, 5.41) is 0. The molecular weight excluding hydrogens is 334 g/mol. The quantitative estimate of drug-likeness (QED) is 0.803. The van der Waals surface area contributed by atoms with Crippen molar-refractivity contribution in [3.63, 3.8) is 0 Å². The zero-order chi connectivity index (χ0) is 18.9. The van der Waals surface area contributed by atoms with Gasteiger partial charge >= 0.3 is 6.09 Å². The average Bonchev–Trinajstić information content (AvgIpc) is 2.55. The molecule has 0 aromatic heterocycles. The number of aryl methyl sites for hydroxylation is 1. The van der Waals surface area contributed by atoms with Crippen molar-refractivity contribution in [1.82, 2.24) is 4.90 Å². The zero-order valence-electron chi connectivity index (χ0n) is 16.0. The highest BCUT2D eigenvalue weighted by Gasteiger charge is 2.29. The summed E-state index contributed by atoms with van der Waals surface area (Å²) in [4.78, 5) is 26.0. The Morgan fingerprint density at radius 2 is 1.92 bits per heavy atom. The number of benzene rings is 1. The Kier molecular flexibility index (Phi) is 5.12. The van der Waals surface area contributed by atoms with Gasteiger partial charge in [0.2, 0.25) is 0 Å². The van der Waals surface area contributed by atoms with E-state index in [4.69, 9.17) is 14.2 Å². The molecule has 1 aromatic carbocycles. The van der Waals surface area contributed by atoms with Crippen molar-refractivity contribution in [2.45, 2.75) is 58.7 Å². The minimum absolute atomic E-state index is 0.0137. The second kappa shape index (κ2) is 7.17. The molecule has 26 heavy (non-hydrogen) atoms. The molecule has 2 aliphatic heterocycles. The third kappa shape index (κ3) is 4.29. The SMILES string of the molecule is Cc1cc(OC2CCN(C(=O)OC(C)(C)C)CC2)c2c(c1)C(=O)CCO2. The number of hydrogen-bond donors (Lipinski definition) is 0. The number of ether oxygens (including phenoxy) is 3. The molecule has 1 saturated heterocycles. The predicted molar refractivity (Wildman–Crippen MR) is 97.1 cm³/mol. The molecule has 0 aliphatic carbocycles. The van der Waals surface area contributed by atoms with Gasteiger partial charge in [-0.25, -0.2) is 4.79 Å². The summed E-state index contributed by atoms with van der Waals surface area (Å²) < 4.78 is 17.3. The van der Waals surface area contributed by atoms with Crippen molar-refractivity contribution in [1.29, 1.82) is 0 Å². The van der Waals surface area contributed by atoms with Gasteiger partial charge in [0.15, 0.2) is 17.3 Å². The van der Waals surface area contributed by atoms with Gasteiger partial charge in [0.25, 0.3) is 0 Å². The summed E-state index contributed by atoms with van der Waals surface area (Å²) in [5.74, 6) is 1.28. The van der Waals surface area contributed by atoms with Gasteiger partial charge in [-0.2, -0.15) is 0 Å². The smallest absolute Gasteiger partial charge is 0.410 e. The van der Waals surface area contributed by atoms with Crippen LogP contribution in [0.1, 0.15) is 56.0 Å². The van der Waals surface area contributed by atoms with Gasteiger partial charge in [0, 0.05) is 32.4 Å². The van der Waals surface area contributed by atoms with E-state index in [1.165, 1.54) is 0 Å². The lowest BCUT2D eigenvalue weighted by Gasteiger charge is -2.34. The number of Topliss-reactive ketones (excluding diaryl/α,β-unsaturated/α-hetero) is 1. The number of hydrogen-bond acceptors (Lipinski definition) is 5. The van der Waals surface area contributed by atoms with Crippen molar-refractivity contribution < 1.29 is 23.8 Å². The lowest BCUT2D eigenvalue weighted by molar-refractivity contribution is 0.0123. The molecule has 3 rings (SSSR count).